The van der Waals surface area contributed by atoms with Crippen LogP contribution in [0.1, 0.15) is 336 Å². The lowest BCUT2D eigenvalue weighted by atomic mass is 10.1. The van der Waals surface area contributed by atoms with Gasteiger partial charge >= 0.3 is 0 Å². The van der Waals surface area contributed by atoms with Crippen LogP contribution in [0, 0.1) is 0 Å². The van der Waals surface area contributed by atoms with Gasteiger partial charge in [-0.05, 0) is 90.6 Å². The van der Waals surface area contributed by atoms with E-state index in [2.05, 4.69) is 69.4 Å². The van der Waals surface area contributed by atoms with E-state index in [-0.39, 0.29) is 23.6 Å². The van der Waals surface area contributed by atoms with Gasteiger partial charge in [0, 0.05) is 78.0 Å². The van der Waals surface area contributed by atoms with Gasteiger partial charge in [0.2, 0.25) is 23.6 Å². The lowest BCUT2D eigenvalue weighted by molar-refractivity contribution is -0.122. The molecule has 0 bridgehead atoms. The minimum atomic E-state index is 0.107. The Balaban J connectivity index is 5.02. The van der Waals surface area contributed by atoms with E-state index in [4.69, 9.17) is 0 Å². The second-order valence-corrected chi connectivity index (χ2v) is 24.7. The fourth-order valence-corrected chi connectivity index (χ4v) is 11.1. The number of nitrogens with one attached hydrogen (secondary N) is 6. The Morgan fingerprint density at radius 2 is 0.427 bits per heavy atom. The maximum Gasteiger partial charge on any atom is 0.221 e. The number of nitrogens with zero attached hydrogens (tertiary/aromatic N) is 2. The fraction of sp³-hybridized carbons (Fsp3) is 0.943. The lowest BCUT2D eigenvalue weighted by Crippen LogP contribution is -2.37. The largest absolute Gasteiger partial charge is 0.356 e. The maximum absolute atomic E-state index is 13.1. The van der Waals surface area contributed by atoms with E-state index in [1.54, 1.807) is 0 Å². The highest BCUT2D eigenvalue weighted by Crippen LogP contribution is 2.14. The molecule has 12 heteroatoms. The van der Waals surface area contributed by atoms with E-state index in [0.29, 0.717) is 38.8 Å². The Morgan fingerprint density at radius 3 is 0.732 bits per heavy atom. The van der Waals surface area contributed by atoms with Gasteiger partial charge in [-0.15, -0.1) is 0 Å². The molecule has 0 spiro atoms. The normalized spacial score (nSPS) is 11.5. The van der Waals surface area contributed by atoms with Crippen molar-refractivity contribution in [2.24, 2.45) is 0 Å². The zero-order valence-electron chi connectivity index (χ0n) is 55.4. The molecule has 0 aliphatic carbocycles. The third kappa shape index (κ3) is 63.7. The molecule has 0 aromatic rings. The summed E-state index contributed by atoms with van der Waals surface area (Å²) < 4.78 is 0. The summed E-state index contributed by atoms with van der Waals surface area (Å²) in [5.74, 6) is 0.517. The first-order chi connectivity index (χ1) is 40.4. The van der Waals surface area contributed by atoms with Crippen LogP contribution in [0.3, 0.4) is 0 Å². The minimum absolute atomic E-state index is 0.107. The van der Waals surface area contributed by atoms with Gasteiger partial charge in [0.05, 0.1) is 0 Å². The highest BCUT2D eigenvalue weighted by molar-refractivity contribution is 5.77. The van der Waals surface area contributed by atoms with E-state index in [1.807, 2.05) is 0 Å². The van der Waals surface area contributed by atoms with Crippen molar-refractivity contribution in [1.29, 1.82) is 0 Å². The Labute approximate surface area is 509 Å². The number of unbranched alkanes of at least 4 members (excludes halogenated alkanes) is 37. The molecule has 12 nitrogen and oxygen atoms in total. The molecular weight excluding hydrogens is 1020 g/mol. The van der Waals surface area contributed by atoms with Gasteiger partial charge in [-0.2, -0.15) is 0 Å². The maximum atomic E-state index is 13.1. The molecule has 0 aliphatic rings. The predicted molar refractivity (Wildman–Crippen MR) is 355 cm³/mol. The Bertz CT molecular complexity index is 1300. The van der Waals surface area contributed by atoms with Crippen LogP contribution in [0.15, 0.2) is 0 Å². The van der Waals surface area contributed by atoms with Gasteiger partial charge in [-0.25, -0.2) is 0 Å². The first-order valence-electron chi connectivity index (χ1n) is 36.3. The number of carbonyl (C=O) groups excluding carboxylic acids is 4. The van der Waals surface area contributed by atoms with Crippen LogP contribution in [-0.2, 0) is 19.2 Å². The van der Waals surface area contributed by atoms with Crippen LogP contribution < -0.4 is 31.9 Å². The standard InChI is InChI=1S/C70H142N8O4/c1-5-9-13-17-21-25-29-33-37-41-56-73-67(79)49-60-72-55-47-54-71-53-45-46-61-77(64-50-68(80)74-57-42-38-34-30-26-22-18-14-10-6-2)62-48-63-78(65-51-69(81)75-58-43-39-35-31-27-23-19-15-11-7-3)66-52-70(82)76-59-44-40-36-32-28-24-20-16-12-8-4/h71-72H,5-66H2,1-4H3,(H,73,79)(H,74,80)(H,75,81)(H,76,82). The van der Waals surface area contributed by atoms with E-state index in [1.165, 1.54) is 231 Å². The number of hydrogen-bond acceptors (Lipinski definition) is 8. The van der Waals surface area contributed by atoms with Crippen molar-refractivity contribution >= 4 is 23.6 Å². The summed E-state index contributed by atoms with van der Waals surface area (Å²) in [6, 6.07) is 0. The Kier molecular flexibility index (Phi) is 66.0. The predicted octanol–water partition coefficient (Wildman–Crippen LogP) is 16.0. The Morgan fingerprint density at radius 1 is 0.207 bits per heavy atom. The van der Waals surface area contributed by atoms with Crippen LogP contribution in [0.4, 0.5) is 0 Å². The molecule has 0 radical (unpaired) electrons. The topological polar surface area (TPSA) is 147 Å². The van der Waals surface area contributed by atoms with Crippen molar-refractivity contribution in [3.05, 3.63) is 0 Å². The monoisotopic (exact) mass is 1160 g/mol. The second-order valence-electron chi connectivity index (χ2n) is 24.7. The lowest BCUT2D eigenvalue weighted by Gasteiger charge is -2.26. The first-order valence-corrected chi connectivity index (χ1v) is 36.3. The van der Waals surface area contributed by atoms with Crippen LogP contribution in [0.25, 0.3) is 0 Å². The summed E-state index contributed by atoms with van der Waals surface area (Å²) in [5, 5.41) is 19.8. The van der Waals surface area contributed by atoms with E-state index < -0.39 is 0 Å². The molecule has 4 amide bonds. The van der Waals surface area contributed by atoms with Crippen molar-refractivity contribution < 1.29 is 19.2 Å². The summed E-state index contributed by atoms with van der Waals surface area (Å²) in [4.78, 5) is 56.4. The SMILES string of the molecule is CCCCCCCCCCCCNC(=O)CCNCCCNCCCCN(CCCN(CCC(=O)NCCCCCCCCCCCC)CCC(=O)NCCCCCCCCCCCC)CCC(=O)NCCCCCCCCCCCC. The highest BCUT2D eigenvalue weighted by Gasteiger charge is 2.14. The Hall–Kier alpha value is -2.28. The summed E-state index contributed by atoms with van der Waals surface area (Å²) in [7, 11) is 0. The number of carbonyl (C=O) groups is 4. The molecule has 0 aromatic carbocycles. The van der Waals surface area contributed by atoms with Crippen molar-refractivity contribution in [2.45, 2.75) is 336 Å². The van der Waals surface area contributed by atoms with Gasteiger partial charge in [0.1, 0.15) is 0 Å². The van der Waals surface area contributed by atoms with Crippen molar-refractivity contribution in [1.82, 2.24) is 41.7 Å². The molecule has 0 aliphatic heterocycles. The van der Waals surface area contributed by atoms with Gasteiger partial charge in [0.15, 0.2) is 0 Å². The zero-order chi connectivity index (χ0) is 59.5. The molecule has 0 unspecified atom stereocenters. The van der Waals surface area contributed by atoms with Gasteiger partial charge in [-0.3, -0.25) is 19.2 Å². The second kappa shape index (κ2) is 67.8. The van der Waals surface area contributed by atoms with Gasteiger partial charge < -0.3 is 41.7 Å². The van der Waals surface area contributed by atoms with Gasteiger partial charge in [-0.1, -0.05) is 259 Å². The minimum Gasteiger partial charge on any atom is -0.356 e. The molecular formula is C70H142N8O4. The fourth-order valence-electron chi connectivity index (χ4n) is 11.1. The van der Waals surface area contributed by atoms with Crippen molar-refractivity contribution in [2.75, 3.05) is 91.6 Å². The van der Waals surface area contributed by atoms with Gasteiger partial charge in [0.25, 0.3) is 0 Å². The quantitative estimate of drug-likeness (QED) is 0.0330. The number of rotatable bonds is 69. The third-order valence-corrected chi connectivity index (χ3v) is 16.6. The highest BCUT2D eigenvalue weighted by atomic mass is 16.2. The molecule has 486 valence electrons. The summed E-state index contributed by atoms with van der Waals surface area (Å²) >= 11 is 0. The van der Waals surface area contributed by atoms with Crippen LogP contribution >= 0.6 is 0 Å². The average Bonchev–Trinajstić information content (AvgIpc) is 3.47. The van der Waals surface area contributed by atoms with Crippen LogP contribution in [-0.4, -0.2) is 125 Å². The molecule has 82 heavy (non-hydrogen) atoms. The molecule has 0 atom stereocenters. The molecule has 0 rings (SSSR count). The summed E-state index contributed by atoms with van der Waals surface area (Å²) in [6.07, 6.45) is 57.6. The zero-order valence-corrected chi connectivity index (χ0v) is 55.4. The summed E-state index contributed by atoms with van der Waals surface area (Å²) in [6.45, 7) is 20.3. The third-order valence-electron chi connectivity index (χ3n) is 16.6. The van der Waals surface area contributed by atoms with Crippen LogP contribution in [0.5, 0.6) is 0 Å². The summed E-state index contributed by atoms with van der Waals surface area (Å²) in [5.41, 5.74) is 0. The van der Waals surface area contributed by atoms with E-state index in [0.717, 1.165) is 130 Å². The smallest absolute Gasteiger partial charge is 0.221 e. The van der Waals surface area contributed by atoms with Crippen LogP contribution in [0.2, 0.25) is 0 Å². The number of amides is 4. The number of hydrogen-bond donors (Lipinski definition) is 6. The molecule has 0 heterocycles. The molecule has 0 fully saturated rings. The van der Waals surface area contributed by atoms with E-state index in [9.17, 15) is 19.2 Å². The molecule has 0 saturated carbocycles. The molecule has 6 N–H and O–H groups in total. The molecule has 0 saturated heterocycles. The molecule has 0 aromatic heterocycles. The first kappa shape index (κ1) is 79.7. The average molecular weight is 1160 g/mol. The van der Waals surface area contributed by atoms with E-state index >= 15 is 0 Å². The van der Waals surface area contributed by atoms with Crippen molar-refractivity contribution in [3.8, 4) is 0 Å². The van der Waals surface area contributed by atoms with Crippen molar-refractivity contribution in [3.63, 3.8) is 0 Å².